The molecule has 1 aromatic rings. The van der Waals surface area contributed by atoms with Gasteiger partial charge in [0.05, 0.1) is 0 Å². The second-order valence-corrected chi connectivity index (χ2v) is 6.98. The first-order chi connectivity index (χ1) is 10.3. The SMILES string of the molecule is CC[C@H](C)[C@H](NC(=O)CCC(=O)c1cc(C)sc1C)C(=O)O. The van der Waals surface area contributed by atoms with Gasteiger partial charge in [-0.3, -0.25) is 9.59 Å². The number of rotatable bonds is 8. The number of ketones is 1. The number of nitrogens with one attached hydrogen (secondary N) is 1. The van der Waals surface area contributed by atoms with Crippen LogP contribution in [0.1, 0.15) is 53.2 Å². The van der Waals surface area contributed by atoms with Gasteiger partial charge in [-0.1, -0.05) is 20.3 Å². The third-order valence-electron chi connectivity index (χ3n) is 3.72. The smallest absolute Gasteiger partial charge is 0.326 e. The molecule has 22 heavy (non-hydrogen) atoms. The maximum atomic E-state index is 12.1. The monoisotopic (exact) mass is 325 g/mol. The Morgan fingerprint density at radius 1 is 1.27 bits per heavy atom. The van der Waals surface area contributed by atoms with Crippen molar-refractivity contribution >= 4 is 29.0 Å². The van der Waals surface area contributed by atoms with Crippen LogP contribution in [0, 0.1) is 19.8 Å². The summed E-state index contributed by atoms with van der Waals surface area (Å²) in [5, 5.41) is 11.6. The molecule has 0 radical (unpaired) electrons. The van der Waals surface area contributed by atoms with Gasteiger partial charge in [0.15, 0.2) is 5.78 Å². The van der Waals surface area contributed by atoms with Gasteiger partial charge < -0.3 is 10.4 Å². The summed E-state index contributed by atoms with van der Waals surface area (Å²) in [5.74, 6) is -1.67. The number of aryl methyl sites for hydroxylation is 2. The van der Waals surface area contributed by atoms with E-state index in [4.69, 9.17) is 5.11 Å². The van der Waals surface area contributed by atoms with Gasteiger partial charge in [-0.25, -0.2) is 4.79 Å². The van der Waals surface area contributed by atoms with E-state index in [9.17, 15) is 14.4 Å². The van der Waals surface area contributed by atoms with Crippen LogP contribution in [0.5, 0.6) is 0 Å². The molecular weight excluding hydrogens is 302 g/mol. The second-order valence-electron chi connectivity index (χ2n) is 5.52. The minimum Gasteiger partial charge on any atom is -0.480 e. The van der Waals surface area contributed by atoms with Crippen molar-refractivity contribution in [3.63, 3.8) is 0 Å². The minimum absolute atomic E-state index is 0.00732. The van der Waals surface area contributed by atoms with Crippen molar-refractivity contribution in [1.29, 1.82) is 0 Å². The average molecular weight is 325 g/mol. The highest BCUT2D eigenvalue weighted by molar-refractivity contribution is 7.12. The summed E-state index contributed by atoms with van der Waals surface area (Å²) in [6.45, 7) is 7.47. The Morgan fingerprint density at radius 2 is 1.91 bits per heavy atom. The summed E-state index contributed by atoms with van der Waals surface area (Å²) in [6, 6.07) is 0.928. The number of thiophene rings is 1. The lowest BCUT2D eigenvalue weighted by Crippen LogP contribution is -2.45. The summed E-state index contributed by atoms with van der Waals surface area (Å²) < 4.78 is 0. The van der Waals surface area contributed by atoms with Crippen LogP contribution in [0.4, 0.5) is 0 Å². The summed E-state index contributed by atoms with van der Waals surface area (Å²) >= 11 is 1.55. The number of aliphatic carboxylic acids is 1. The molecule has 0 spiro atoms. The Labute approximate surface area is 134 Å². The molecule has 0 aliphatic heterocycles. The molecule has 0 bridgehead atoms. The summed E-state index contributed by atoms with van der Waals surface area (Å²) in [5.41, 5.74) is 0.659. The molecule has 0 saturated heterocycles. The fraction of sp³-hybridized carbons (Fsp3) is 0.562. The number of amides is 1. The molecule has 1 heterocycles. The van der Waals surface area contributed by atoms with Crippen LogP contribution in [0.15, 0.2) is 6.07 Å². The van der Waals surface area contributed by atoms with Crippen molar-refractivity contribution in [2.24, 2.45) is 5.92 Å². The molecule has 5 nitrogen and oxygen atoms in total. The van der Waals surface area contributed by atoms with Crippen LogP contribution in [-0.2, 0) is 9.59 Å². The lowest BCUT2D eigenvalue weighted by Gasteiger charge is -2.20. The molecule has 0 aliphatic carbocycles. The molecule has 6 heteroatoms. The number of carboxylic acids is 1. The van der Waals surface area contributed by atoms with Crippen LogP contribution in [-0.4, -0.2) is 28.8 Å². The van der Waals surface area contributed by atoms with Crippen molar-refractivity contribution in [2.75, 3.05) is 0 Å². The minimum atomic E-state index is -1.04. The second kappa shape index (κ2) is 8.08. The summed E-state index contributed by atoms with van der Waals surface area (Å²) in [7, 11) is 0. The lowest BCUT2D eigenvalue weighted by molar-refractivity contribution is -0.143. The molecular formula is C16H23NO4S. The molecule has 2 atom stereocenters. The molecule has 1 aromatic heterocycles. The maximum Gasteiger partial charge on any atom is 0.326 e. The van der Waals surface area contributed by atoms with E-state index in [2.05, 4.69) is 5.32 Å². The molecule has 1 rings (SSSR count). The Kier molecular flexibility index (Phi) is 6.74. The van der Waals surface area contributed by atoms with Gasteiger partial charge in [0.25, 0.3) is 0 Å². The normalized spacial score (nSPS) is 13.5. The average Bonchev–Trinajstić information content (AvgIpc) is 2.79. The fourth-order valence-electron chi connectivity index (χ4n) is 2.20. The zero-order valence-corrected chi connectivity index (χ0v) is 14.3. The van der Waals surface area contributed by atoms with Gasteiger partial charge in [0.1, 0.15) is 6.04 Å². The number of hydrogen-bond donors (Lipinski definition) is 2. The summed E-state index contributed by atoms with van der Waals surface area (Å²) in [6.07, 6.45) is 0.757. The van der Waals surface area contributed by atoms with Crippen molar-refractivity contribution in [3.05, 3.63) is 21.4 Å². The van der Waals surface area contributed by atoms with Crippen molar-refractivity contribution < 1.29 is 19.5 Å². The molecule has 0 aliphatic rings. The Hall–Kier alpha value is -1.69. The molecule has 0 aromatic carbocycles. The molecule has 2 N–H and O–H groups in total. The van der Waals surface area contributed by atoms with Crippen LogP contribution in [0.2, 0.25) is 0 Å². The van der Waals surface area contributed by atoms with E-state index in [-0.39, 0.29) is 24.5 Å². The highest BCUT2D eigenvalue weighted by atomic mass is 32.1. The Balaban J connectivity index is 2.57. The van der Waals surface area contributed by atoms with E-state index < -0.39 is 17.9 Å². The van der Waals surface area contributed by atoms with E-state index in [1.165, 1.54) is 0 Å². The van der Waals surface area contributed by atoms with E-state index in [0.29, 0.717) is 12.0 Å². The number of carboxylic acid groups (broad SMARTS) is 1. The number of carbonyl (C=O) groups excluding carboxylic acids is 2. The fourth-order valence-corrected chi connectivity index (χ4v) is 3.14. The van der Waals surface area contributed by atoms with Crippen molar-refractivity contribution in [2.45, 2.75) is 53.0 Å². The van der Waals surface area contributed by atoms with Crippen LogP contribution >= 0.6 is 11.3 Å². The van der Waals surface area contributed by atoms with Crippen molar-refractivity contribution in [1.82, 2.24) is 5.32 Å². The molecule has 0 fully saturated rings. The zero-order valence-electron chi connectivity index (χ0n) is 13.4. The predicted octanol–water partition coefficient (Wildman–Crippen LogP) is 2.94. The third-order valence-corrected chi connectivity index (χ3v) is 4.68. The van der Waals surface area contributed by atoms with E-state index >= 15 is 0 Å². The summed E-state index contributed by atoms with van der Waals surface area (Å²) in [4.78, 5) is 37.2. The van der Waals surface area contributed by atoms with Crippen molar-refractivity contribution in [3.8, 4) is 0 Å². The standard InChI is InChI=1S/C16H23NO4S/c1-5-9(2)15(16(20)21)17-14(19)7-6-13(18)12-8-10(3)22-11(12)4/h8-9,15H,5-7H2,1-4H3,(H,17,19)(H,20,21)/t9-,15-/m0/s1. The van der Waals surface area contributed by atoms with Gasteiger partial charge in [-0.15, -0.1) is 11.3 Å². The highest BCUT2D eigenvalue weighted by Gasteiger charge is 2.25. The predicted molar refractivity (Wildman–Crippen MR) is 86.4 cm³/mol. The largest absolute Gasteiger partial charge is 0.480 e. The number of carbonyl (C=O) groups is 3. The Morgan fingerprint density at radius 3 is 2.36 bits per heavy atom. The quantitative estimate of drug-likeness (QED) is 0.720. The van der Waals surface area contributed by atoms with Gasteiger partial charge in [-0.2, -0.15) is 0 Å². The van der Waals surface area contributed by atoms with E-state index in [1.54, 1.807) is 18.3 Å². The zero-order chi connectivity index (χ0) is 16.9. The van der Waals surface area contributed by atoms with Gasteiger partial charge >= 0.3 is 5.97 Å². The Bertz CT molecular complexity index is 564. The first-order valence-electron chi connectivity index (χ1n) is 7.38. The van der Waals surface area contributed by atoms with Crippen LogP contribution < -0.4 is 5.32 Å². The first-order valence-corrected chi connectivity index (χ1v) is 8.20. The van der Waals surface area contributed by atoms with Crippen LogP contribution in [0.25, 0.3) is 0 Å². The van der Waals surface area contributed by atoms with E-state index in [1.807, 2.05) is 26.8 Å². The van der Waals surface area contributed by atoms with Gasteiger partial charge in [0.2, 0.25) is 5.91 Å². The lowest BCUT2D eigenvalue weighted by atomic mass is 9.99. The maximum absolute atomic E-state index is 12.1. The van der Waals surface area contributed by atoms with Gasteiger partial charge in [0, 0.05) is 28.2 Å². The number of Topliss-reactive ketones (excluding diaryl/α,β-unsaturated/α-hetero) is 1. The molecule has 1 amide bonds. The first kappa shape index (κ1) is 18.4. The molecule has 0 unspecified atom stereocenters. The topological polar surface area (TPSA) is 83.5 Å². The van der Waals surface area contributed by atoms with E-state index in [0.717, 1.165) is 9.75 Å². The highest BCUT2D eigenvalue weighted by Crippen LogP contribution is 2.22. The van der Waals surface area contributed by atoms with Crippen LogP contribution in [0.3, 0.4) is 0 Å². The number of hydrogen-bond acceptors (Lipinski definition) is 4. The third kappa shape index (κ3) is 4.94. The molecule has 122 valence electrons. The molecule has 0 saturated carbocycles. The van der Waals surface area contributed by atoms with Gasteiger partial charge in [-0.05, 0) is 25.8 Å².